The summed E-state index contributed by atoms with van der Waals surface area (Å²) in [5.41, 5.74) is 0.628. The number of nitrogens with one attached hydrogen (secondary N) is 1. The van der Waals surface area contributed by atoms with Crippen LogP contribution in [0.25, 0.3) is 0 Å². The fourth-order valence-electron chi connectivity index (χ4n) is 4.82. The van der Waals surface area contributed by atoms with Crippen molar-refractivity contribution in [3.05, 3.63) is 52.2 Å². The molecule has 0 radical (unpaired) electrons. The van der Waals surface area contributed by atoms with E-state index in [4.69, 9.17) is 4.74 Å². The summed E-state index contributed by atoms with van der Waals surface area (Å²) in [5, 5.41) is 5.25. The number of carbonyl (C=O) groups excluding carboxylic acids is 1. The molecule has 0 spiro atoms. The van der Waals surface area contributed by atoms with E-state index in [0.717, 1.165) is 25.9 Å². The number of benzene rings is 1. The minimum absolute atomic E-state index is 0.0178. The maximum atomic E-state index is 13.2. The van der Waals surface area contributed by atoms with E-state index in [0.29, 0.717) is 44.2 Å². The number of amidine groups is 1. The average Bonchev–Trinajstić information content (AvgIpc) is 3.47. The van der Waals surface area contributed by atoms with Crippen molar-refractivity contribution in [3.8, 4) is 0 Å². The van der Waals surface area contributed by atoms with Gasteiger partial charge < -0.3 is 15.0 Å². The lowest BCUT2D eigenvalue weighted by atomic mass is 9.96. The number of ether oxygens (including phenoxy) is 1. The lowest BCUT2D eigenvalue weighted by molar-refractivity contribution is -0.126. The molecular formula is C23H28N4O4S2. The molecule has 1 N–H and O–H groups in total. The number of morpholine rings is 1. The zero-order chi connectivity index (χ0) is 22.8. The summed E-state index contributed by atoms with van der Waals surface area (Å²) in [6, 6.07) is 11.2. The second-order valence-corrected chi connectivity index (χ2v) is 11.1. The highest BCUT2D eigenvalue weighted by atomic mass is 32.2. The van der Waals surface area contributed by atoms with Crippen molar-refractivity contribution in [1.82, 2.24) is 15.1 Å². The van der Waals surface area contributed by atoms with Crippen LogP contribution < -0.4 is 5.32 Å². The van der Waals surface area contributed by atoms with E-state index >= 15 is 0 Å². The van der Waals surface area contributed by atoms with Gasteiger partial charge in [-0.25, -0.2) is 0 Å². The molecule has 0 unspecified atom stereocenters. The summed E-state index contributed by atoms with van der Waals surface area (Å²) in [4.78, 5) is 19.0. The van der Waals surface area contributed by atoms with Crippen LogP contribution in [0.4, 0.5) is 0 Å². The van der Waals surface area contributed by atoms with Crippen LogP contribution in [0.5, 0.6) is 0 Å². The highest BCUT2D eigenvalue weighted by Crippen LogP contribution is 2.30. The molecule has 1 amide bonds. The van der Waals surface area contributed by atoms with Gasteiger partial charge in [0.1, 0.15) is 4.90 Å². The fraction of sp³-hybridized carbons (Fsp3) is 0.478. The van der Waals surface area contributed by atoms with Crippen LogP contribution in [0.2, 0.25) is 0 Å². The van der Waals surface area contributed by atoms with Gasteiger partial charge in [0.05, 0.1) is 25.2 Å². The molecule has 33 heavy (non-hydrogen) atoms. The largest absolute Gasteiger partial charge is 0.379 e. The Morgan fingerprint density at radius 3 is 2.79 bits per heavy atom. The molecule has 3 aliphatic rings. The van der Waals surface area contributed by atoms with E-state index in [-0.39, 0.29) is 22.8 Å². The number of thiophene rings is 1. The van der Waals surface area contributed by atoms with E-state index in [1.807, 2.05) is 17.0 Å². The Kier molecular flexibility index (Phi) is 6.51. The van der Waals surface area contributed by atoms with Crippen molar-refractivity contribution in [3.63, 3.8) is 0 Å². The number of amides is 1. The van der Waals surface area contributed by atoms with Crippen molar-refractivity contribution in [1.29, 1.82) is 0 Å². The number of hydrogen-bond acceptors (Lipinski definition) is 7. The Balaban J connectivity index is 1.26. The van der Waals surface area contributed by atoms with E-state index in [1.165, 1.54) is 4.88 Å². The van der Waals surface area contributed by atoms with Crippen LogP contribution in [0.1, 0.15) is 29.3 Å². The second-order valence-electron chi connectivity index (χ2n) is 8.60. The molecule has 0 bridgehead atoms. The fourth-order valence-corrected chi connectivity index (χ4v) is 6.91. The van der Waals surface area contributed by atoms with Gasteiger partial charge in [0.15, 0.2) is 5.84 Å². The van der Waals surface area contributed by atoms with E-state index < -0.39 is 10.0 Å². The first-order valence-electron chi connectivity index (χ1n) is 11.3. The van der Waals surface area contributed by atoms with Crippen LogP contribution in [-0.2, 0) is 19.6 Å². The summed E-state index contributed by atoms with van der Waals surface area (Å²) in [7, 11) is -3.67. The first-order chi connectivity index (χ1) is 16.0. The number of hydrogen-bond donors (Lipinski definition) is 1. The van der Waals surface area contributed by atoms with Gasteiger partial charge in [-0.3, -0.25) is 9.69 Å². The summed E-state index contributed by atoms with van der Waals surface area (Å²) < 4.78 is 34.5. The zero-order valence-corrected chi connectivity index (χ0v) is 20.0. The number of nitrogens with zero attached hydrogens (tertiary/aromatic N) is 3. The van der Waals surface area contributed by atoms with Crippen molar-refractivity contribution in [2.45, 2.75) is 23.8 Å². The van der Waals surface area contributed by atoms with Gasteiger partial charge in [-0.1, -0.05) is 18.2 Å². The molecule has 5 rings (SSSR count). The molecule has 2 fully saturated rings. The first kappa shape index (κ1) is 22.5. The van der Waals surface area contributed by atoms with Crippen molar-refractivity contribution < 1.29 is 17.9 Å². The van der Waals surface area contributed by atoms with Gasteiger partial charge in [-0.2, -0.15) is 8.42 Å². The minimum atomic E-state index is -3.67. The van der Waals surface area contributed by atoms with Gasteiger partial charge in [0, 0.05) is 43.2 Å². The number of carbonyl (C=O) groups is 1. The van der Waals surface area contributed by atoms with Gasteiger partial charge in [0.2, 0.25) is 5.91 Å². The zero-order valence-electron chi connectivity index (χ0n) is 18.4. The highest BCUT2D eigenvalue weighted by Gasteiger charge is 2.35. The molecule has 4 heterocycles. The number of piperidine rings is 1. The standard InChI is InChI=1S/C23H28N4O4S2/c28-23(24-15-19(20-7-4-14-32-20)26-10-12-31-13-11-26)17-5-3-9-27(16-17)22-18-6-1-2-8-21(18)33(29,30)25-22/h1-2,4,6-8,14,17,19H,3,5,9-13,15-16H2,(H,24,28)/t17-,19+/m1/s1. The Hall–Kier alpha value is -2.27. The monoisotopic (exact) mass is 488 g/mol. The lowest BCUT2D eigenvalue weighted by Gasteiger charge is -2.36. The Morgan fingerprint density at radius 2 is 2.00 bits per heavy atom. The van der Waals surface area contributed by atoms with E-state index in [1.54, 1.807) is 29.5 Å². The van der Waals surface area contributed by atoms with Crippen LogP contribution in [-0.4, -0.2) is 75.9 Å². The highest BCUT2D eigenvalue weighted by molar-refractivity contribution is 7.90. The third-order valence-electron chi connectivity index (χ3n) is 6.53. The second kappa shape index (κ2) is 9.54. The maximum absolute atomic E-state index is 13.2. The first-order valence-corrected chi connectivity index (χ1v) is 13.7. The molecule has 2 atom stereocenters. The summed E-state index contributed by atoms with van der Waals surface area (Å²) in [5.74, 6) is 0.280. The molecule has 8 nitrogen and oxygen atoms in total. The smallest absolute Gasteiger partial charge is 0.285 e. The molecule has 1 aromatic heterocycles. The molecule has 10 heteroatoms. The number of fused-ring (bicyclic) bond motifs is 1. The minimum Gasteiger partial charge on any atom is -0.379 e. The number of sulfonamides is 1. The molecular weight excluding hydrogens is 460 g/mol. The van der Waals surface area contributed by atoms with Gasteiger partial charge >= 0.3 is 0 Å². The molecule has 3 aliphatic heterocycles. The maximum Gasteiger partial charge on any atom is 0.285 e. The third-order valence-corrected chi connectivity index (χ3v) is 8.83. The quantitative estimate of drug-likeness (QED) is 0.693. The predicted octanol–water partition coefficient (Wildman–Crippen LogP) is 2.10. The number of rotatable bonds is 5. The average molecular weight is 489 g/mol. The summed E-state index contributed by atoms with van der Waals surface area (Å²) in [6.45, 7) is 4.83. The number of likely N-dealkylation sites (tertiary alicyclic amines) is 1. The molecule has 2 saturated heterocycles. The van der Waals surface area contributed by atoms with Crippen LogP contribution in [0.3, 0.4) is 0 Å². The van der Waals surface area contributed by atoms with Crippen molar-refractivity contribution in [2.24, 2.45) is 10.3 Å². The summed E-state index contributed by atoms with van der Waals surface area (Å²) in [6.07, 6.45) is 1.60. The van der Waals surface area contributed by atoms with Crippen molar-refractivity contribution >= 4 is 33.1 Å². The van der Waals surface area contributed by atoms with E-state index in [2.05, 4.69) is 26.1 Å². The molecule has 1 aromatic carbocycles. The van der Waals surface area contributed by atoms with E-state index in [9.17, 15) is 13.2 Å². The molecule has 2 aromatic rings. The Bertz CT molecular complexity index is 1130. The summed E-state index contributed by atoms with van der Waals surface area (Å²) >= 11 is 1.71. The topological polar surface area (TPSA) is 91.3 Å². The van der Waals surface area contributed by atoms with Crippen LogP contribution in [0.15, 0.2) is 51.1 Å². The van der Waals surface area contributed by atoms with Crippen LogP contribution in [0, 0.1) is 5.92 Å². The van der Waals surface area contributed by atoms with Gasteiger partial charge in [-0.05, 0) is 36.4 Å². The van der Waals surface area contributed by atoms with Crippen molar-refractivity contribution in [2.75, 3.05) is 45.9 Å². The third kappa shape index (κ3) is 4.70. The normalized spacial score (nSPS) is 23.6. The Labute approximate surface area is 198 Å². The molecule has 176 valence electrons. The lowest BCUT2D eigenvalue weighted by Crippen LogP contribution is -2.48. The van der Waals surface area contributed by atoms with Gasteiger partial charge in [0.25, 0.3) is 10.0 Å². The Morgan fingerprint density at radius 1 is 1.18 bits per heavy atom. The molecule has 0 saturated carbocycles. The van der Waals surface area contributed by atoms with Gasteiger partial charge in [-0.15, -0.1) is 15.7 Å². The molecule has 0 aliphatic carbocycles. The SMILES string of the molecule is O=C(NC[C@@H](c1cccs1)N1CCOCC1)[C@@H]1CCCN(C2=NS(=O)(=O)c3ccccc32)C1. The van der Waals surface area contributed by atoms with Crippen LogP contribution >= 0.6 is 11.3 Å². The predicted molar refractivity (Wildman–Crippen MR) is 127 cm³/mol.